The van der Waals surface area contributed by atoms with E-state index < -0.39 is 10.7 Å². The summed E-state index contributed by atoms with van der Waals surface area (Å²) in [6, 6.07) is 9.21. The molecule has 1 saturated heterocycles. The molecule has 2 N–H and O–H groups in total. The monoisotopic (exact) mass is 466 g/mol. The number of rotatable bonds is 7. The van der Waals surface area contributed by atoms with Gasteiger partial charge in [0.1, 0.15) is 5.82 Å². The highest BCUT2D eigenvalue weighted by Gasteiger charge is 2.17. The molecule has 0 bridgehead atoms. The number of nitro groups is 1. The van der Waals surface area contributed by atoms with Crippen LogP contribution in [0.3, 0.4) is 0 Å². The number of hydrazone groups is 1. The number of aryl methyl sites for hydroxylation is 2. The van der Waals surface area contributed by atoms with E-state index in [2.05, 4.69) is 30.8 Å². The lowest BCUT2D eigenvalue weighted by Crippen LogP contribution is -2.37. The van der Waals surface area contributed by atoms with Gasteiger partial charge in [-0.05, 0) is 37.1 Å². The van der Waals surface area contributed by atoms with Crippen LogP contribution in [0.4, 0.5) is 33.6 Å². The Labute approximate surface area is 194 Å². The van der Waals surface area contributed by atoms with E-state index in [1.807, 2.05) is 36.9 Å². The quantitative estimate of drug-likeness (QED) is 0.305. The van der Waals surface area contributed by atoms with Gasteiger partial charge in [0.25, 0.3) is 5.69 Å². The summed E-state index contributed by atoms with van der Waals surface area (Å²) in [6.45, 7) is 6.31. The van der Waals surface area contributed by atoms with E-state index in [0.717, 1.165) is 41.2 Å². The van der Waals surface area contributed by atoms with E-state index in [-0.39, 0.29) is 17.2 Å². The number of ether oxygens (including phenoxy) is 1. The molecule has 0 amide bonds. The maximum atomic E-state index is 14.0. The van der Waals surface area contributed by atoms with Crippen LogP contribution in [0.1, 0.15) is 16.7 Å². The van der Waals surface area contributed by atoms with Crippen LogP contribution in [0.25, 0.3) is 0 Å². The minimum atomic E-state index is -0.641. The van der Waals surface area contributed by atoms with Gasteiger partial charge in [-0.1, -0.05) is 12.1 Å². The number of anilines is 4. The Kier molecular flexibility index (Phi) is 6.87. The SMILES string of the molecule is Cc1ccc(C)c(Nc2nc(N/N=C/c3cc([N+](=O)[O-])ccc3F)nc(N3CCOCC3)n2)c1. The average Bonchev–Trinajstić information content (AvgIpc) is 2.83. The van der Waals surface area contributed by atoms with E-state index in [1.54, 1.807) is 0 Å². The largest absolute Gasteiger partial charge is 0.378 e. The Balaban J connectivity index is 1.61. The fourth-order valence-corrected chi connectivity index (χ4v) is 3.27. The fourth-order valence-electron chi connectivity index (χ4n) is 3.27. The Hall–Kier alpha value is -4.19. The molecule has 12 heteroatoms. The second-order valence-electron chi connectivity index (χ2n) is 7.66. The number of nitrogens with one attached hydrogen (secondary N) is 2. The van der Waals surface area contributed by atoms with E-state index in [4.69, 9.17) is 4.74 Å². The number of halogens is 1. The number of hydrogen-bond acceptors (Lipinski definition) is 10. The van der Waals surface area contributed by atoms with Gasteiger partial charge in [-0.3, -0.25) is 10.1 Å². The third-order valence-corrected chi connectivity index (χ3v) is 5.12. The van der Waals surface area contributed by atoms with Crippen molar-refractivity contribution in [2.45, 2.75) is 13.8 Å². The Bertz CT molecular complexity index is 1230. The summed E-state index contributed by atoms with van der Waals surface area (Å²) in [5.41, 5.74) is 5.35. The summed E-state index contributed by atoms with van der Waals surface area (Å²) in [4.78, 5) is 25.7. The lowest BCUT2D eigenvalue weighted by Gasteiger charge is -2.27. The second-order valence-corrected chi connectivity index (χ2v) is 7.66. The van der Waals surface area contributed by atoms with Crippen LogP contribution in [-0.2, 0) is 4.74 Å². The summed E-state index contributed by atoms with van der Waals surface area (Å²) in [7, 11) is 0. The van der Waals surface area contributed by atoms with Crippen molar-refractivity contribution in [1.82, 2.24) is 15.0 Å². The molecular weight excluding hydrogens is 443 g/mol. The van der Waals surface area contributed by atoms with Gasteiger partial charge in [0.05, 0.1) is 24.4 Å². The summed E-state index contributed by atoms with van der Waals surface area (Å²) < 4.78 is 19.4. The fraction of sp³-hybridized carbons (Fsp3) is 0.273. The van der Waals surface area contributed by atoms with Crippen molar-refractivity contribution in [3.05, 3.63) is 69.0 Å². The van der Waals surface area contributed by atoms with E-state index >= 15 is 0 Å². The van der Waals surface area contributed by atoms with Crippen molar-refractivity contribution in [2.75, 3.05) is 41.9 Å². The summed E-state index contributed by atoms with van der Waals surface area (Å²) >= 11 is 0. The number of morpholine rings is 1. The number of non-ortho nitro benzene ring substituents is 1. The number of nitrogens with zero attached hydrogens (tertiary/aromatic N) is 6. The molecule has 1 aliphatic heterocycles. The van der Waals surface area contributed by atoms with E-state index in [9.17, 15) is 14.5 Å². The maximum absolute atomic E-state index is 14.0. The Morgan fingerprint density at radius 3 is 2.65 bits per heavy atom. The molecule has 3 aromatic rings. The van der Waals surface area contributed by atoms with Gasteiger partial charge in [0, 0.05) is 36.5 Å². The summed E-state index contributed by atoms with van der Waals surface area (Å²) in [5, 5.41) is 18.2. The molecule has 0 unspecified atom stereocenters. The molecule has 4 rings (SSSR count). The van der Waals surface area contributed by atoms with Gasteiger partial charge in [-0.15, -0.1) is 0 Å². The van der Waals surface area contributed by atoms with Crippen LogP contribution >= 0.6 is 0 Å². The Morgan fingerprint density at radius 2 is 1.88 bits per heavy atom. The molecule has 1 aromatic heterocycles. The lowest BCUT2D eigenvalue weighted by atomic mass is 10.1. The number of hydrogen-bond donors (Lipinski definition) is 2. The smallest absolute Gasteiger partial charge is 0.270 e. The zero-order valence-corrected chi connectivity index (χ0v) is 18.7. The van der Waals surface area contributed by atoms with Crippen LogP contribution in [-0.4, -0.2) is 52.4 Å². The highest BCUT2D eigenvalue weighted by atomic mass is 19.1. The molecule has 1 aliphatic rings. The first-order valence-corrected chi connectivity index (χ1v) is 10.5. The Morgan fingerprint density at radius 1 is 1.12 bits per heavy atom. The van der Waals surface area contributed by atoms with Crippen LogP contribution in [0.15, 0.2) is 41.5 Å². The molecule has 0 spiro atoms. The molecule has 11 nitrogen and oxygen atoms in total. The molecule has 0 aliphatic carbocycles. The molecule has 34 heavy (non-hydrogen) atoms. The van der Waals surface area contributed by atoms with Gasteiger partial charge in [-0.2, -0.15) is 20.1 Å². The number of aromatic nitrogens is 3. The first kappa shape index (κ1) is 23.0. The van der Waals surface area contributed by atoms with Crippen LogP contribution in [0.5, 0.6) is 0 Å². The van der Waals surface area contributed by atoms with Crippen LogP contribution in [0, 0.1) is 29.8 Å². The topological polar surface area (TPSA) is 131 Å². The molecule has 0 saturated carbocycles. The molecule has 0 atom stereocenters. The molecular formula is C22H23FN8O3. The van der Waals surface area contributed by atoms with Crippen molar-refractivity contribution in [3.63, 3.8) is 0 Å². The first-order valence-electron chi connectivity index (χ1n) is 10.5. The molecule has 2 heterocycles. The molecule has 176 valence electrons. The number of benzene rings is 2. The zero-order chi connectivity index (χ0) is 24.1. The minimum absolute atomic E-state index is 0.0436. The number of nitro benzene ring substituents is 1. The summed E-state index contributed by atoms with van der Waals surface area (Å²) in [5.74, 6) is 0.235. The minimum Gasteiger partial charge on any atom is -0.378 e. The normalized spacial score (nSPS) is 13.8. The highest BCUT2D eigenvalue weighted by molar-refractivity contribution is 5.81. The second kappa shape index (κ2) is 10.2. The predicted molar refractivity (Wildman–Crippen MR) is 126 cm³/mol. The van der Waals surface area contributed by atoms with Gasteiger partial charge in [0.2, 0.25) is 17.8 Å². The van der Waals surface area contributed by atoms with Gasteiger partial charge >= 0.3 is 0 Å². The van der Waals surface area contributed by atoms with Crippen LogP contribution < -0.4 is 15.6 Å². The molecule has 1 fully saturated rings. The van der Waals surface area contributed by atoms with Gasteiger partial charge in [0.15, 0.2) is 0 Å². The van der Waals surface area contributed by atoms with Crippen molar-refractivity contribution in [1.29, 1.82) is 0 Å². The van der Waals surface area contributed by atoms with Crippen molar-refractivity contribution in [2.24, 2.45) is 5.10 Å². The maximum Gasteiger partial charge on any atom is 0.270 e. The lowest BCUT2D eigenvalue weighted by molar-refractivity contribution is -0.384. The molecule has 0 radical (unpaired) electrons. The summed E-state index contributed by atoms with van der Waals surface area (Å²) in [6.07, 6.45) is 1.14. The van der Waals surface area contributed by atoms with E-state index in [1.165, 1.54) is 0 Å². The standard InChI is InChI=1S/C22H23FN8O3/c1-14-3-4-15(2)19(11-14)25-20-26-21(28-22(27-20)30-7-9-34-10-8-30)29-24-13-16-12-17(31(32)33)5-6-18(16)23/h3-6,11-13H,7-10H2,1-2H3,(H2,25,26,27,28,29)/b24-13+. The highest BCUT2D eigenvalue weighted by Crippen LogP contribution is 2.22. The van der Waals surface area contributed by atoms with Crippen molar-refractivity contribution < 1.29 is 14.1 Å². The third-order valence-electron chi connectivity index (χ3n) is 5.12. The van der Waals surface area contributed by atoms with Gasteiger partial charge in [-0.25, -0.2) is 9.82 Å². The van der Waals surface area contributed by atoms with Crippen molar-refractivity contribution >= 4 is 35.4 Å². The van der Waals surface area contributed by atoms with Crippen LogP contribution in [0.2, 0.25) is 0 Å². The average molecular weight is 466 g/mol. The molecule has 2 aromatic carbocycles. The first-order chi connectivity index (χ1) is 16.4. The van der Waals surface area contributed by atoms with E-state index in [0.29, 0.717) is 38.2 Å². The zero-order valence-electron chi connectivity index (χ0n) is 18.7. The third kappa shape index (κ3) is 5.59. The predicted octanol–water partition coefficient (Wildman–Crippen LogP) is 3.56. The van der Waals surface area contributed by atoms with Crippen molar-refractivity contribution in [3.8, 4) is 0 Å². The van der Waals surface area contributed by atoms with Gasteiger partial charge < -0.3 is 15.0 Å².